The minimum atomic E-state index is 0.0192. The number of hydrogen-bond donors (Lipinski definition) is 2. The van der Waals surface area contributed by atoms with Gasteiger partial charge in [-0.2, -0.15) is 0 Å². The third kappa shape index (κ3) is 2.86. The number of oxime groups is 1. The van der Waals surface area contributed by atoms with E-state index in [1.807, 2.05) is 12.1 Å². The Bertz CT molecular complexity index is 443. The first-order valence-electron chi connectivity index (χ1n) is 5.82. The highest BCUT2D eigenvalue weighted by Gasteiger charge is 2.12. The number of halogens is 1. The van der Waals surface area contributed by atoms with Gasteiger partial charge in [0, 0.05) is 30.9 Å². The average molecular weight is 270 g/mol. The van der Waals surface area contributed by atoms with Crippen molar-refractivity contribution in [2.75, 3.05) is 31.2 Å². The van der Waals surface area contributed by atoms with Gasteiger partial charge in [-0.05, 0) is 24.6 Å². The molecule has 1 aliphatic rings. The Morgan fingerprint density at radius 3 is 2.94 bits per heavy atom. The maximum Gasteiger partial charge on any atom is 0.171 e. The number of benzene rings is 1. The van der Waals surface area contributed by atoms with E-state index < -0.39 is 0 Å². The van der Waals surface area contributed by atoms with Crippen LogP contribution in [0.2, 0.25) is 5.02 Å². The van der Waals surface area contributed by atoms with E-state index in [2.05, 4.69) is 10.1 Å². The fourth-order valence-electron chi connectivity index (χ4n) is 1.97. The fraction of sp³-hybridized carbons (Fsp3) is 0.417. The summed E-state index contributed by atoms with van der Waals surface area (Å²) in [5.41, 5.74) is 7.09. The van der Waals surface area contributed by atoms with Crippen molar-refractivity contribution in [3.05, 3.63) is 28.8 Å². The molecule has 0 aromatic heterocycles. The lowest BCUT2D eigenvalue weighted by molar-refractivity contribution is 0.152. The van der Waals surface area contributed by atoms with Crippen LogP contribution in [-0.4, -0.2) is 37.3 Å². The first-order valence-corrected chi connectivity index (χ1v) is 6.20. The molecule has 1 aromatic carbocycles. The van der Waals surface area contributed by atoms with Crippen LogP contribution >= 0.6 is 11.6 Å². The molecule has 1 aliphatic heterocycles. The Labute approximate surface area is 111 Å². The molecular weight excluding hydrogens is 254 g/mol. The van der Waals surface area contributed by atoms with Crippen molar-refractivity contribution in [3.63, 3.8) is 0 Å². The maximum absolute atomic E-state index is 8.65. The number of amidine groups is 1. The van der Waals surface area contributed by atoms with E-state index >= 15 is 0 Å². The Balaban J connectivity index is 2.22. The molecule has 1 fully saturated rings. The molecule has 0 saturated carbocycles. The summed E-state index contributed by atoms with van der Waals surface area (Å²) in [7, 11) is 0. The maximum atomic E-state index is 8.65. The minimum absolute atomic E-state index is 0.0192. The number of nitrogens with two attached hydrogens (primary N) is 1. The van der Waals surface area contributed by atoms with Gasteiger partial charge in [-0.15, -0.1) is 0 Å². The van der Waals surface area contributed by atoms with E-state index in [0.29, 0.717) is 10.6 Å². The molecule has 0 bridgehead atoms. The molecule has 0 unspecified atom stereocenters. The van der Waals surface area contributed by atoms with Crippen molar-refractivity contribution in [1.29, 1.82) is 0 Å². The summed E-state index contributed by atoms with van der Waals surface area (Å²) in [5.74, 6) is 0.0192. The second-order valence-corrected chi connectivity index (χ2v) is 4.51. The van der Waals surface area contributed by atoms with Gasteiger partial charge in [0.25, 0.3) is 0 Å². The Morgan fingerprint density at radius 2 is 2.22 bits per heavy atom. The van der Waals surface area contributed by atoms with Crippen LogP contribution < -0.4 is 10.6 Å². The first-order chi connectivity index (χ1) is 8.72. The zero-order valence-electron chi connectivity index (χ0n) is 9.97. The van der Waals surface area contributed by atoms with Gasteiger partial charge in [0.05, 0.1) is 11.6 Å². The molecule has 6 heteroatoms. The van der Waals surface area contributed by atoms with Crippen molar-refractivity contribution >= 4 is 23.1 Å². The van der Waals surface area contributed by atoms with Crippen molar-refractivity contribution in [2.24, 2.45) is 10.9 Å². The molecule has 1 aromatic rings. The van der Waals surface area contributed by atoms with E-state index in [4.69, 9.17) is 27.3 Å². The summed E-state index contributed by atoms with van der Waals surface area (Å²) >= 11 is 6.13. The van der Waals surface area contributed by atoms with Gasteiger partial charge >= 0.3 is 0 Å². The number of hydrogen-bond acceptors (Lipinski definition) is 4. The summed E-state index contributed by atoms with van der Waals surface area (Å²) in [4.78, 5) is 2.22. The molecule has 18 heavy (non-hydrogen) atoms. The van der Waals surface area contributed by atoms with Crippen LogP contribution in [-0.2, 0) is 4.74 Å². The van der Waals surface area contributed by atoms with Crippen molar-refractivity contribution in [2.45, 2.75) is 6.42 Å². The highest BCUT2D eigenvalue weighted by atomic mass is 35.5. The normalized spacial score (nSPS) is 17.6. The van der Waals surface area contributed by atoms with Crippen LogP contribution in [0.25, 0.3) is 0 Å². The summed E-state index contributed by atoms with van der Waals surface area (Å²) < 4.78 is 5.41. The van der Waals surface area contributed by atoms with E-state index in [-0.39, 0.29) is 5.84 Å². The molecule has 98 valence electrons. The smallest absolute Gasteiger partial charge is 0.171 e. The molecule has 0 amide bonds. The standard InChI is InChI=1S/C12H16ClN3O2/c13-11-8-9(2-3-10(11)12(14)15-17)16-4-1-6-18-7-5-16/h2-3,8,17H,1,4-7H2,(H2,14,15). The van der Waals surface area contributed by atoms with Crippen molar-refractivity contribution < 1.29 is 9.94 Å². The van der Waals surface area contributed by atoms with Crippen molar-refractivity contribution in [1.82, 2.24) is 0 Å². The molecule has 1 saturated heterocycles. The molecule has 3 N–H and O–H groups in total. The molecule has 0 aliphatic carbocycles. The fourth-order valence-corrected chi connectivity index (χ4v) is 2.24. The van der Waals surface area contributed by atoms with Crippen LogP contribution in [0.5, 0.6) is 0 Å². The van der Waals surface area contributed by atoms with Crippen LogP contribution in [0.1, 0.15) is 12.0 Å². The zero-order chi connectivity index (χ0) is 13.0. The molecule has 0 spiro atoms. The van der Waals surface area contributed by atoms with E-state index in [1.54, 1.807) is 6.07 Å². The van der Waals surface area contributed by atoms with E-state index in [0.717, 1.165) is 38.4 Å². The molecule has 0 radical (unpaired) electrons. The van der Waals surface area contributed by atoms with Crippen LogP contribution in [0.3, 0.4) is 0 Å². The highest BCUT2D eigenvalue weighted by Crippen LogP contribution is 2.24. The highest BCUT2D eigenvalue weighted by molar-refractivity contribution is 6.34. The predicted molar refractivity (Wildman–Crippen MR) is 71.6 cm³/mol. The topological polar surface area (TPSA) is 71.1 Å². The van der Waals surface area contributed by atoms with Gasteiger partial charge in [-0.3, -0.25) is 0 Å². The average Bonchev–Trinajstić information content (AvgIpc) is 2.66. The third-order valence-electron chi connectivity index (χ3n) is 2.92. The lowest BCUT2D eigenvalue weighted by Gasteiger charge is -2.22. The lowest BCUT2D eigenvalue weighted by Crippen LogP contribution is -2.26. The van der Waals surface area contributed by atoms with Gasteiger partial charge in [-0.1, -0.05) is 16.8 Å². The van der Waals surface area contributed by atoms with E-state index in [9.17, 15) is 0 Å². The monoisotopic (exact) mass is 269 g/mol. The largest absolute Gasteiger partial charge is 0.409 e. The number of nitrogens with zero attached hydrogens (tertiary/aromatic N) is 2. The quantitative estimate of drug-likeness (QED) is 0.371. The number of rotatable bonds is 2. The predicted octanol–water partition coefficient (Wildman–Crippen LogP) is 1.66. The second-order valence-electron chi connectivity index (χ2n) is 4.10. The third-order valence-corrected chi connectivity index (χ3v) is 3.24. The van der Waals surface area contributed by atoms with Crippen LogP contribution in [0, 0.1) is 0 Å². The summed E-state index contributed by atoms with van der Waals surface area (Å²) in [5, 5.41) is 12.1. The second kappa shape index (κ2) is 5.93. The van der Waals surface area contributed by atoms with Crippen molar-refractivity contribution in [3.8, 4) is 0 Å². The first kappa shape index (κ1) is 13.0. The summed E-state index contributed by atoms with van der Waals surface area (Å²) in [6.45, 7) is 3.31. The van der Waals surface area contributed by atoms with Gasteiger partial charge in [-0.25, -0.2) is 0 Å². The van der Waals surface area contributed by atoms with Gasteiger partial charge in [0.2, 0.25) is 0 Å². The van der Waals surface area contributed by atoms with Gasteiger partial charge in [0.15, 0.2) is 5.84 Å². The molecule has 2 rings (SSSR count). The Kier molecular flexibility index (Phi) is 4.28. The summed E-state index contributed by atoms with van der Waals surface area (Å²) in [6.07, 6.45) is 1.000. The molecular formula is C12H16ClN3O2. The van der Waals surface area contributed by atoms with Crippen LogP contribution in [0.4, 0.5) is 5.69 Å². The Morgan fingerprint density at radius 1 is 1.39 bits per heavy atom. The van der Waals surface area contributed by atoms with Crippen LogP contribution in [0.15, 0.2) is 23.4 Å². The van der Waals surface area contributed by atoms with E-state index in [1.165, 1.54) is 0 Å². The zero-order valence-corrected chi connectivity index (χ0v) is 10.7. The number of ether oxygens (including phenoxy) is 1. The summed E-state index contributed by atoms with van der Waals surface area (Å²) in [6, 6.07) is 5.52. The Hall–Kier alpha value is -1.46. The molecule has 5 nitrogen and oxygen atoms in total. The SMILES string of the molecule is N/C(=N/O)c1ccc(N2CCCOCC2)cc1Cl. The minimum Gasteiger partial charge on any atom is -0.409 e. The van der Waals surface area contributed by atoms with Gasteiger partial charge in [0.1, 0.15) is 0 Å². The molecule has 1 heterocycles. The van der Waals surface area contributed by atoms with Gasteiger partial charge < -0.3 is 20.6 Å². The lowest BCUT2D eigenvalue weighted by atomic mass is 10.1. The number of anilines is 1. The molecule has 0 atom stereocenters.